The van der Waals surface area contributed by atoms with Gasteiger partial charge in [-0.25, -0.2) is 0 Å². The number of pyridine rings is 1. The molecule has 0 aliphatic rings. The van der Waals surface area contributed by atoms with Gasteiger partial charge in [0.2, 0.25) is 0 Å². The molecule has 0 radical (unpaired) electrons. The number of benzene rings is 1. The molecule has 0 bridgehead atoms. The topological polar surface area (TPSA) is 24.9 Å². The lowest BCUT2D eigenvalue weighted by molar-refractivity contribution is 0.596. The minimum Gasteiger partial charge on any atom is -0.306 e. The molecule has 2 nitrogen and oxygen atoms in total. The Kier molecular flexibility index (Phi) is 5.94. The molecule has 0 saturated heterocycles. The zero-order valence-electron chi connectivity index (χ0n) is 13.4. The number of nitrogens with one attached hydrogen (secondary N) is 1. The van der Waals surface area contributed by atoms with E-state index in [9.17, 15) is 0 Å². The quantitative estimate of drug-likeness (QED) is 0.812. The summed E-state index contributed by atoms with van der Waals surface area (Å²) in [4.78, 5) is 4.45. The van der Waals surface area contributed by atoms with Crippen molar-refractivity contribution in [2.75, 3.05) is 6.54 Å². The fourth-order valence-corrected chi connectivity index (χ4v) is 2.58. The molecular weight excluding hydrogens is 256 g/mol. The zero-order valence-corrected chi connectivity index (χ0v) is 13.4. The van der Waals surface area contributed by atoms with E-state index < -0.39 is 0 Å². The van der Waals surface area contributed by atoms with Crippen molar-refractivity contribution in [3.63, 3.8) is 0 Å². The highest BCUT2D eigenvalue weighted by molar-refractivity contribution is 5.33. The lowest BCUT2D eigenvalue weighted by Crippen LogP contribution is -2.23. The molecule has 2 aromatic rings. The third-order valence-corrected chi connectivity index (χ3v) is 3.69. The molecule has 1 atom stereocenters. The molecule has 1 N–H and O–H groups in total. The van der Waals surface area contributed by atoms with Gasteiger partial charge in [-0.3, -0.25) is 4.98 Å². The summed E-state index contributed by atoms with van der Waals surface area (Å²) in [6.07, 6.45) is 5.45. The van der Waals surface area contributed by atoms with E-state index in [1.165, 1.54) is 23.1 Å². The third-order valence-electron chi connectivity index (χ3n) is 3.69. The molecule has 0 aliphatic heterocycles. The Morgan fingerprint density at radius 2 is 1.90 bits per heavy atom. The first-order valence-corrected chi connectivity index (χ1v) is 7.99. The minimum absolute atomic E-state index is 0.231. The van der Waals surface area contributed by atoms with Gasteiger partial charge in [0, 0.05) is 11.9 Å². The molecule has 21 heavy (non-hydrogen) atoms. The molecule has 1 heterocycles. The minimum atomic E-state index is 0.231. The third kappa shape index (κ3) is 4.40. The number of aromatic nitrogens is 1. The predicted molar refractivity (Wildman–Crippen MR) is 89.5 cm³/mol. The van der Waals surface area contributed by atoms with Crippen LogP contribution in [0.2, 0.25) is 0 Å². The van der Waals surface area contributed by atoms with E-state index in [-0.39, 0.29) is 6.04 Å². The molecule has 0 aliphatic carbocycles. The predicted octanol–water partition coefficient (Wildman–Crippen LogP) is 4.43. The van der Waals surface area contributed by atoms with Gasteiger partial charge in [-0.2, -0.15) is 0 Å². The second-order valence-electron chi connectivity index (χ2n) is 5.62. The Balaban J connectivity index is 2.30. The van der Waals surface area contributed by atoms with Crippen molar-refractivity contribution in [3.8, 4) is 0 Å². The molecule has 1 aromatic carbocycles. The summed E-state index contributed by atoms with van der Waals surface area (Å²) >= 11 is 0. The van der Waals surface area contributed by atoms with Crippen LogP contribution >= 0.6 is 0 Å². The van der Waals surface area contributed by atoms with Crippen molar-refractivity contribution in [3.05, 3.63) is 65.0 Å². The molecule has 2 rings (SSSR count). The summed E-state index contributed by atoms with van der Waals surface area (Å²) in [5, 5.41) is 3.65. The average molecular weight is 282 g/mol. The first-order chi connectivity index (χ1) is 10.2. The molecule has 112 valence electrons. The highest BCUT2D eigenvalue weighted by atomic mass is 14.9. The highest BCUT2D eigenvalue weighted by Gasteiger charge is 2.13. The van der Waals surface area contributed by atoms with Gasteiger partial charge in [0.25, 0.3) is 0 Å². The normalized spacial score (nSPS) is 12.3. The van der Waals surface area contributed by atoms with Crippen LogP contribution in [-0.2, 0) is 6.42 Å². The summed E-state index contributed by atoms with van der Waals surface area (Å²) in [6, 6.07) is 13.4. The molecule has 1 aromatic heterocycles. The van der Waals surface area contributed by atoms with E-state index >= 15 is 0 Å². The first kappa shape index (κ1) is 15.7. The Hall–Kier alpha value is -1.67. The van der Waals surface area contributed by atoms with E-state index in [0.717, 1.165) is 25.1 Å². The van der Waals surface area contributed by atoms with Crippen LogP contribution in [0.4, 0.5) is 0 Å². The maximum atomic E-state index is 4.45. The summed E-state index contributed by atoms with van der Waals surface area (Å²) < 4.78 is 0. The molecule has 0 spiro atoms. The number of hydrogen-bond acceptors (Lipinski definition) is 2. The van der Waals surface area contributed by atoms with Crippen molar-refractivity contribution < 1.29 is 0 Å². The molecule has 2 heteroatoms. The van der Waals surface area contributed by atoms with Crippen LogP contribution in [0.5, 0.6) is 0 Å². The second-order valence-corrected chi connectivity index (χ2v) is 5.62. The SMILES string of the molecule is CCCNC(c1ccc(C)nc1)c1cccc(CCC)c1. The van der Waals surface area contributed by atoms with Gasteiger partial charge in [0.1, 0.15) is 0 Å². The average Bonchev–Trinajstić information content (AvgIpc) is 2.50. The number of nitrogens with zero attached hydrogens (tertiary/aromatic N) is 1. The standard InChI is InChI=1S/C19H26N2/c1-4-7-16-8-6-9-17(13-16)19(20-12-5-2)18-11-10-15(3)21-14-18/h6,8-11,13-14,19-20H,4-5,7,12H2,1-3H3. The lowest BCUT2D eigenvalue weighted by Gasteiger charge is -2.20. The maximum absolute atomic E-state index is 4.45. The molecule has 0 saturated carbocycles. The summed E-state index contributed by atoms with van der Waals surface area (Å²) in [6.45, 7) is 7.46. The summed E-state index contributed by atoms with van der Waals surface area (Å²) in [5.41, 5.74) is 5.05. The van der Waals surface area contributed by atoms with E-state index in [1.54, 1.807) is 0 Å². The van der Waals surface area contributed by atoms with Crippen molar-refractivity contribution in [1.29, 1.82) is 0 Å². The van der Waals surface area contributed by atoms with E-state index in [0.29, 0.717) is 0 Å². The Morgan fingerprint density at radius 3 is 2.57 bits per heavy atom. The van der Waals surface area contributed by atoms with Gasteiger partial charge in [-0.1, -0.05) is 50.6 Å². The molecular formula is C19H26N2. The highest BCUT2D eigenvalue weighted by Crippen LogP contribution is 2.23. The smallest absolute Gasteiger partial charge is 0.0592 e. The molecule has 1 unspecified atom stereocenters. The lowest BCUT2D eigenvalue weighted by atomic mass is 9.97. The van der Waals surface area contributed by atoms with Crippen molar-refractivity contribution >= 4 is 0 Å². The summed E-state index contributed by atoms with van der Waals surface area (Å²) in [7, 11) is 0. The largest absolute Gasteiger partial charge is 0.306 e. The van der Waals surface area contributed by atoms with Crippen LogP contribution < -0.4 is 5.32 Å². The van der Waals surface area contributed by atoms with E-state index in [1.807, 2.05) is 13.1 Å². The van der Waals surface area contributed by atoms with Gasteiger partial charge < -0.3 is 5.32 Å². The Labute approximate surface area is 128 Å². The van der Waals surface area contributed by atoms with Crippen LogP contribution in [0.25, 0.3) is 0 Å². The van der Waals surface area contributed by atoms with Gasteiger partial charge in [0.05, 0.1) is 6.04 Å². The number of aryl methyl sites for hydroxylation is 2. The fourth-order valence-electron chi connectivity index (χ4n) is 2.58. The fraction of sp³-hybridized carbons (Fsp3) is 0.421. The van der Waals surface area contributed by atoms with Crippen molar-refractivity contribution in [1.82, 2.24) is 10.3 Å². The van der Waals surface area contributed by atoms with Gasteiger partial charge >= 0.3 is 0 Å². The van der Waals surface area contributed by atoms with Gasteiger partial charge in [-0.15, -0.1) is 0 Å². The van der Waals surface area contributed by atoms with Crippen LogP contribution in [0.1, 0.15) is 55.1 Å². The van der Waals surface area contributed by atoms with Gasteiger partial charge in [0.15, 0.2) is 0 Å². The van der Waals surface area contributed by atoms with Crippen LogP contribution in [0.15, 0.2) is 42.6 Å². The van der Waals surface area contributed by atoms with Gasteiger partial charge in [-0.05, 0) is 49.1 Å². The second kappa shape index (κ2) is 7.94. The molecule has 0 amide bonds. The van der Waals surface area contributed by atoms with E-state index in [4.69, 9.17) is 0 Å². The van der Waals surface area contributed by atoms with Crippen LogP contribution in [0.3, 0.4) is 0 Å². The number of rotatable bonds is 7. The van der Waals surface area contributed by atoms with E-state index in [2.05, 4.69) is 60.5 Å². The number of hydrogen-bond donors (Lipinski definition) is 1. The zero-order chi connectivity index (χ0) is 15.1. The first-order valence-electron chi connectivity index (χ1n) is 7.99. The Bertz CT molecular complexity index is 546. The monoisotopic (exact) mass is 282 g/mol. The maximum Gasteiger partial charge on any atom is 0.0592 e. The van der Waals surface area contributed by atoms with Crippen molar-refractivity contribution in [2.24, 2.45) is 0 Å². The van der Waals surface area contributed by atoms with Crippen molar-refractivity contribution in [2.45, 2.75) is 46.1 Å². The molecule has 0 fully saturated rings. The van der Waals surface area contributed by atoms with Crippen LogP contribution in [-0.4, -0.2) is 11.5 Å². The Morgan fingerprint density at radius 1 is 1.05 bits per heavy atom. The summed E-state index contributed by atoms with van der Waals surface area (Å²) in [5.74, 6) is 0. The van der Waals surface area contributed by atoms with Crippen LogP contribution in [0, 0.1) is 6.92 Å².